The van der Waals surface area contributed by atoms with Crippen molar-refractivity contribution < 1.29 is 9.53 Å². The Morgan fingerprint density at radius 2 is 2.00 bits per heavy atom. The molecule has 7 nitrogen and oxygen atoms in total. The second-order valence-corrected chi connectivity index (χ2v) is 3.99. The summed E-state index contributed by atoms with van der Waals surface area (Å²) in [5, 5.41) is 2.83. The Morgan fingerprint density at radius 3 is 2.76 bits per heavy atom. The standard InChI is InChI=1S/C10H12N4O3/c15-6-5-11-8-7(6)9(16)13-10(12-8)14-1-3-17-4-2-14/h1-5H2,(H2,11,12,13,16). The van der Waals surface area contributed by atoms with Crippen LogP contribution in [-0.4, -0.2) is 48.6 Å². The quantitative estimate of drug-likeness (QED) is 0.664. The number of morpholine rings is 1. The van der Waals surface area contributed by atoms with E-state index in [-0.39, 0.29) is 23.5 Å². The van der Waals surface area contributed by atoms with Crippen LogP contribution in [0.5, 0.6) is 0 Å². The molecule has 1 aromatic heterocycles. The van der Waals surface area contributed by atoms with Gasteiger partial charge in [0.2, 0.25) is 5.95 Å². The van der Waals surface area contributed by atoms with Crippen LogP contribution < -0.4 is 15.8 Å². The lowest BCUT2D eigenvalue weighted by molar-refractivity contribution is 0.101. The zero-order valence-corrected chi connectivity index (χ0v) is 9.15. The predicted octanol–water partition coefficient (Wildman–Crippen LogP) is -0.785. The second-order valence-electron chi connectivity index (χ2n) is 3.99. The van der Waals surface area contributed by atoms with Crippen LogP contribution in [0.4, 0.5) is 11.8 Å². The van der Waals surface area contributed by atoms with E-state index in [1.165, 1.54) is 0 Å². The van der Waals surface area contributed by atoms with Gasteiger partial charge in [-0.15, -0.1) is 0 Å². The van der Waals surface area contributed by atoms with Gasteiger partial charge in [0.25, 0.3) is 5.56 Å². The maximum absolute atomic E-state index is 11.8. The average Bonchev–Trinajstić information content (AvgIpc) is 2.73. The summed E-state index contributed by atoms with van der Waals surface area (Å²) in [6.45, 7) is 2.77. The van der Waals surface area contributed by atoms with Crippen LogP contribution in [-0.2, 0) is 4.74 Å². The van der Waals surface area contributed by atoms with Gasteiger partial charge in [-0.1, -0.05) is 0 Å². The molecule has 1 aromatic rings. The molecule has 0 saturated carbocycles. The second kappa shape index (κ2) is 3.85. The van der Waals surface area contributed by atoms with E-state index in [0.717, 1.165) is 0 Å². The van der Waals surface area contributed by atoms with E-state index in [9.17, 15) is 9.59 Å². The molecule has 0 radical (unpaired) electrons. The number of aromatic amines is 1. The van der Waals surface area contributed by atoms with Crippen molar-refractivity contribution in [3.63, 3.8) is 0 Å². The number of anilines is 2. The number of hydrogen-bond acceptors (Lipinski definition) is 6. The number of aromatic nitrogens is 2. The lowest BCUT2D eigenvalue weighted by Crippen LogP contribution is -2.38. The van der Waals surface area contributed by atoms with Gasteiger partial charge in [0.05, 0.1) is 19.8 Å². The molecule has 90 valence electrons. The molecule has 1 fully saturated rings. The van der Waals surface area contributed by atoms with Gasteiger partial charge in [0.15, 0.2) is 5.78 Å². The number of H-pyrrole nitrogens is 1. The summed E-state index contributed by atoms with van der Waals surface area (Å²) in [6, 6.07) is 0. The van der Waals surface area contributed by atoms with Crippen molar-refractivity contribution in [2.75, 3.05) is 43.1 Å². The Labute approximate surface area is 96.8 Å². The third-order valence-corrected chi connectivity index (χ3v) is 2.91. The van der Waals surface area contributed by atoms with Gasteiger partial charge in [-0.3, -0.25) is 14.6 Å². The van der Waals surface area contributed by atoms with E-state index < -0.39 is 0 Å². The molecule has 0 spiro atoms. The molecule has 3 heterocycles. The van der Waals surface area contributed by atoms with Crippen molar-refractivity contribution in [3.8, 4) is 0 Å². The average molecular weight is 236 g/mol. The van der Waals surface area contributed by atoms with E-state index in [1.54, 1.807) is 0 Å². The summed E-state index contributed by atoms with van der Waals surface area (Å²) in [6.07, 6.45) is 0. The number of hydrogen-bond donors (Lipinski definition) is 2. The van der Waals surface area contributed by atoms with E-state index in [4.69, 9.17) is 4.74 Å². The van der Waals surface area contributed by atoms with Crippen molar-refractivity contribution in [1.82, 2.24) is 9.97 Å². The molecule has 2 aliphatic rings. The fourth-order valence-corrected chi connectivity index (χ4v) is 2.03. The number of carbonyl (C=O) groups excluding carboxylic acids is 1. The number of carbonyl (C=O) groups is 1. The minimum atomic E-state index is -0.369. The number of Topliss-reactive ketones (excluding diaryl/α,β-unsaturated/α-hetero) is 1. The van der Waals surface area contributed by atoms with Crippen LogP contribution in [0.2, 0.25) is 0 Å². The van der Waals surface area contributed by atoms with Crippen LogP contribution in [0.25, 0.3) is 0 Å². The first-order valence-corrected chi connectivity index (χ1v) is 5.50. The van der Waals surface area contributed by atoms with E-state index in [1.807, 2.05) is 4.90 Å². The van der Waals surface area contributed by atoms with Crippen LogP contribution in [0.1, 0.15) is 10.4 Å². The van der Waals surface area contributed by atoms with E-state index in [0.29, 0.717) is 38.1 Å². The minimum absolute atomic E-state index is 0.141. The minimum Gasteiger partial charge on any atom is -0.378 e. The van der Waals surface area contributed by atoms with Gasteiger partial charge < -0.3 is 15.0 Å². The number of nitrogens with one attached hydrogen (secondary N) is 2. The summed E-state index contributed by atoms with van der Waals surface area (Å²) in [5.74, 6) is 0.682. The topological polar surface area (TPSA) is 87.3 Å². The van der Waals surface area contributed by atoms with Gasteiger partial charge in [-0.05, 0) is 0 Å². The largest absolute Gasteiger partial charge is 0.378 e. The van der Waals surface area contributed by atoms with Crippen LogP contribution in [0, 0.1) is 0 Å². The third kappa shape index (κ3) is 1.68. The molecular formula is C10H12N4O3. The molecule has 17 heavy (non-hydrogen) atoms. The highest BCUT2D eigenvalue weighted by Crippen LogP contribution is 2.18. The highest BCUT2D eigenvalue weighted by atomic mass is 16.5. The molecule has 0 atom stereocenters. The van der Waals surface area contributed by atoms with Crippen molar-refractivity contribution in [2.24, 2.45) is 0 Å². The van der Waals surface area contributed by atoms with Gasteiger partial charge in [-0.25, -0.2) is 0 Å². The first kappa shape index (κ1) is 10.3. The molecule has 0 aromatic carbocycles. The normalized spacial score (nSPS) is 19.1. The monoisotopic (exact) mass is 236 g/mol. The van der Waals surface area contributed by atoms with Crippen LogP contribution in [0.15, 0.2) is 4.79 Å². The number of nitrogens with zero attached hydrogens (tertiary/aromatic N) is 2. The number of rotatable bonds is 1. The summed E-state index contributed by atoms with van der Waals surface area (Å²) in [5.41, 5.74) is -0.228. The highest BCUT2D eigenvalue weighted by Gasteiger charge is 2.26. The van der Waals surface area contributed by atoms with E-state index >= 15 is 0 Å². The Balaban J connectivity index is 2.00. The molecule has 7 heteroatoms. The number of ether oxygens (including phenoxy) is 1. The Hall–Kier alpha value is -1.89. The molecule has 2 aliphatic heterocycles. The Bertz CT molecular complexity index is 519. The summed E-state index contributed by atoms with van der Waals surface area (Å²) in [7, 11) is 0. The molecular weight excluding hydrogens is 224 g/mol. The maximum atomic E-state index is 11.8. The lowest BCUT2D eigenvalue weighted by atomic mass is 10.2. The van der Waals surface area contributed by atoms with Crippen molar-refractivity contribution >= 4 is 17.5 Å². The van der Waals surface area contributed by atoms with Crippen molar-refractivity contribution in [1.29, 1.82) is 0 Å². The first-order chi connectivity index (χ1) is 8.25. The lowest BCUT2D eigenvalue weighted by Gasteiger charge is -2.27. The van der Waals surface area contributed by atoms with Crippen molar-refractivity contribution in [3.05, 3.63) is 15.9 Å². The highest BCUT2D eigenvalue weighted by molar-refractivity contribution is 6.06. The molecule has 3 rings (SSSR count). The van der Waals surface area contributed by atoms with Gasteiger partial charge in [0.1, 0.15) is 11.4 Å². The van der Waals surface area contributed by atoms with E-state index in [2.05, 4.69) is 15.3 Å². The van der Waals surface area contributed by atoms with Crippen molar-refractivity contribution in [2.45, 2.75) is 0 Å². The number of fused-ring (bicyclic) bond motifs is 1. The molecule has 0 amide bonds. The van der Waals surface area contributed by atoms with Gasteiger partial charge in [-0.2, -0.15) is 4.98 Å². The zero-order valence-electron chi connectivity index (χ0n) is 9.15. The fraction of sp³-hybridized carbons (Fsp3) is 0.500. The first-order valence-electron chi connectivity index (χ1n) is 5.50. The van der Waals surface area contributed by atoms with Crippen LogP contribution in [0.3, 0.4) is 0 Å². The van der Waals surface area contributed by atoms with Gasteiger partial charge in [0, 0.05) is 13.1 Å². The fourth-order valence-electron chi connectivity index (χ4n) is 2.03. The zero-order chi connectivity index (χ0) is 11.8. The molecule has 0 bridgehead atoms. The summed E-state index contributed by atoms with van der Waals surface area (Å²) < 4.78 is 5.23. The maximum Gasteiger partial charge on any atom is 0.265 e. The predicted molar refractivity (Wildman–Crippen MR) is 60.7 cm³/mol. The summed E-state index contributed by atoms with van der Waals surface area (Å²) >= 11 is 0. The Morgan fingerprint density at radius 1 is 1.24 bits per heavy atom. The summed E-state index contributed by atoms with van der Waals surface area (Å²) in [4.78, 5) is 32.1. The van der Waals surface area contributed by atoms with Gasteiger partial charge >= 0.3 is 0 Å². The molecule has 1 saturated heterocycles. The smallest absolute Gasteiger partial charge is 0.265 e. The SMILES string of the molecule is O=C1CNc2nc(N3CCOCC3)[nH]c(=O)c21. The molecule has 2 N–H and O–H groups in total. The Kier molecular flexibility index (Phi) is 2.32. The molecule has 0 aliphatic carbocycles. The molecule has 0 unspecified atom stereocenters. The van der Waals surface area contributed by atoms with Crippen LogP contribution >= 0.6 is 0 Å². The number of ketones is 1. The third-order valence-electron chi connectivity index (χ3n) is 2.91.